The first-order chi connectivity index (χ1) is 56.6. The molecular weight excluding hydrogens is 1880 g/mol. The van der Waals surface area contributed by atoms with Gasteiger partial charge in [0.25, 0.3) is 33.6 Å². The van der Waals surface area contributed by atoms with Crippen LogP contribution in [0.1, 0.15) is 256 Å². The maximum Gasteiger partial charge on any atom is 0.430 e. The summed E-state index contributed by atoms with van der Waals surface area (Å²) in [6, 6.07) is 0. The molecule has 2 saturated carbocycles. The van der Waals surface area contributed by atoms with E-state index < -0.39 is 243 Å². The second kappa shape index (κ2) is 43.6. The van der Waals surface area contributed by atoms with Gasteiger partial charge < -0.3 is 59.1 Å². The third-order valence-electron chi connectivity index (χ3n) is 22.6. The van der Waals surface area contributed by atoms with E-state index in [-0.39, 0.29) is 64.2 Å². The van der Waals surface area contributed by atoms with Crippen LogP contribution in [0.5, 0.6) is 0 Å². The third kappa shape index (κ3) is 29.5. The van der Waals surface area contributed by atoms with Crippen LogP contribution in [0.3, 0.4) is 0 Å². The molecule has 2 fully saturated rings. The molecule has 0 bridgehead atoms. The number of hydrogen-bond donors (Lipinski definition) is 6. The van der Waals surface area contributed by atoms with E-state index in [2.05, 4.69) is 23.7 Å². The zero-order chi connectivity index (χ0) is 106. The predicted octanol–water partition coefficient (Wildman–Crippen LogP) is 22.4. The first kappa shape index (κ1) is 130. The lowest BCUT2D eigenvalue weighted by Crippen LogP contribution is -2.71. The van der Waals surface area contributed by atoms with Gasteiger partial charge in [-0.15, -0.1) is 0 Å². The highest BCUT2D eigenvalue weighted by Gasteiger charge is 2.84. The Balaban J connectivity index is -0.000000734. The highest BCUT2D eigenvalue weighted by atomic mass is 19.5. The minimum atomic E-state index is -6.06. The lowest BCUT2D eigenvalue weighted by atomic mass is 9.79. The summed E-state index contributed by atoms with van der Waals surface area (Å²) in [7, 11) is 0. The molecule has 0 aromatic carbocycles. The fourth-order valence-corrected chi connectivity index (χ4v) is 10.6. The zero-order valence-electron chi connectivity index (χ0n) is 74.4. The topological polar surface area (TPSA) is 279 Å². The molecule has 0 aromatic rings. The van der Waals surface area contributed by atoms with Crippen molar-refractivity contribution >= 4 is 35.8 Å². The van der Waals surface area contributed by atoms with E-state index >= 15 is 0 Å². The Morgan fingerprint density at radius 2 is 0.592 bits per heavy atom. The van der Waals surface area contributed by atoms with Crippen molar-refractivity contribution in [2.75, 3.05) is 6.61 Å². The molecule has 0 saturated heterocycles. The Hall–Kier alpha value is -5.94. The van der Waals surface area contributed by atoms with Crippen molar-refractivity contribution in [3.63, 3.8) is 0 Å². The minimum Gasteiger partial charge on any atom is -0.461 e. The summed E-state index contributed by atoms with van der Waals surface area (Å²) in [5.74, 6) is -9.96. The van der Waals surface area contributed by atoms with Crippen LogP contribution in [0, 0.1) is 44.3 Å². The van der Waals surface area contributed by atoms with E-state index in [0.717, 1.165) is 20.8 Å². The standard InChI is InChI=1S/C15H22F6O3.C14H20F6O3.C13H20F6O3.2C12H18F6O3.C10H14F6O3/c1-4-12(2,3)11(22)24-10(9-7-5-6-8-9)13(23,14(16,17)18)15(19,20)21;1-4-10(2,3)9(21)23-11(7-5-6-8-11)12(22,13(15,16)17)14(18,19)20;1-6-10(4,5)9(20)22-8(7(2)3)11(21,12(14,15)16)13(17,18)19;1-6-8(2,3)7(19)21-9(4,5)10(20,11(13,14)15)12(16,17)18;1-5-7(21-8(19)9(3,4)6-2)10(20,11(13,14)15)12(16,17)18;1-4-7(2,3)6(17)19-5-8(18,9(11,12)13)10(14,15)16/h9-10,23H,4-8H2,1-3H3;22H,4-8H2,1-3H3;7-8,21H,6H2,1-5H3;20H,6H2,1-5H3;7,20H,5-6H2,1-4H3;18H,4-5H2,1-3H3. The van der Waals surface area contributed by atoms with Gasteiger partial charge in [0.15, 0.2) is 23.4 Å². The Morgan fingerprint density at radius 1 is 0.323 bits per heavy atom. The Labute approximate surface area is 724 Å². The van der Waals surface area contributed by atoms with E-state index in [1.54, 1.807) is 13.8 Å². The van der Waals surface area contributed by atoms with Crippen LogP contribution < -0.4 is 0 Å². The molecule has 0 aliphatic heterocycles. The number of halogens is 36. The number of rotatable bonds is 27. The second-order valence-corrected chi connectivity index (χ2v) is 35.3. The van der Waals surface area contributed by atoms with Gasteiger partial charge in [0.1, 0.15) is 12.7 Å². The Bertz CT molecular complexity index is 3490. The number of ether oxygens (including phenoxy) is 6. The van der Waals surface area contributed by atoms with E-state index in [4.69, 9.17) is 9.84 Å². The largest absolute Gasteiger partial charge is 0.461 e. The zero-order valence-corrected chi connectivity index (χ0v) is 74.4. The summed E-state index contributed by atoms with van der Waals surface area (Å²) in [5.41, 5.74) is -44.5. The van der Waals surface area contributed by atoms with E-state index in [9.17, 15) is 212 Å². The summed E-state index contributed by atoms with van der Waals surface area (Å²) in [5, 5.41) is 56.0. The maximum absolute atomic E-state index is 13.2. The number of aliphatic hydroxyl groups is 6. The van der Waals surface area contributed by atoms with Gasteiger partial charge in [-0.25, -0.2) is 0 Å². The molecule has 0 amide bonds. The molecule has 0 heterocycles. The van der Waals surface area contributed by atoms with Gasteiger partial charge in [0, 0.05) is 0 Å². The molecular formula is C76H112F36O18. The summed E-state index contributed by atoms with van der Waals surface area (Å²) < 4.78 is 488. The van der Waals surface area contributed by atoms with Gasteiger partial charge in [-0.2, -0.15) is 158 Å². The molecule has 0 spiro atoms. The maximum atomic E-state index is 13.2. The fourth-order valence-electron chi connectivity index (χ4n) is 10.6. The first-order valence-electron chi connectivity index (χ1n) is 39.0. The molecule has 130 heavy (non-hydrogen) atoms. The van der Waals surface area contributed by atoms with Crippen LogP contribution in [0.4, 0.5) is 158 Å². The average molecular weight is 2000 g/mol. The second-order valence-electron chi connectivity index (χ2n) is 35.3. The van der Waals surface area contributed by atoms with Crippen LogP contribution in [-0.2, 0) is 57.2 Å². The van der Waals surface area contributed by atoms with E-state index in [1.165, 1.54) is 111 Å². The van der Waals surface area contributed by atoms with Crippen molar-refractivity contribution in [2.45, 2.75) is 393 Å². The van der Waals surface area contributed by atoms with Crippen LogP contribution in [0.2, 0.25) is 0 Å². The normalized spacial score (nSPS) is 16.8. The SMILES string of the molecule is CCC(C)(C)C(=O)OC(C(C)C)C(O)(C(F)(F)F)C(F)(F)F.CCC(C)(C)C(=O)OC(C)(C)C(O)(C(F)(F)F)C(F)(F)F.CCC(C)(C)C(=O)OC(C1CCCC1)C(O)(C(F)(F)F)C(F)(F)F.CCC(C)(C)C(=O)OC1(C(O)(C(F)(F)F)C(F)(F)F)CCCC1.CCC(C)(C)C(=O)OCC(O)(C(F)(F)F)C(F)(F)F.CCC(OC(=O)C(C)(C)CC)C(O)(C(F)(F)F)C(F)(F)F. The Morgan fingerprint density at radius 3 is 0.846 bits per heavy atom. The lowest BCUT2D eigenvalue weighted by molar-refractivity contribution is -0.412. The number of hydrogen-bond acceptors (Lipinski definition) is 18. The molecule has 3 unspecified atom stereocenters. The molecule has 776 valence electrons. The number of carbonyl (C=O) groups is 6. The van der Waals surface area contributed by atoms with E-state index in [1.807, 2.05) is 0 Å². The molecule has 0 radical (unpaired) electrons. The Kier molecular flexibility index (Phi) is 43.7. The van der Waals surface area contributed by atoms with Crippen LogP contribution in [0.25, 0.3) is 0 Å². The van der Waals surface area contributed by atoms with Crippen molar-refractivity contribution in [3.8, 4) is 0 Å². The minimum absolute atomic E-state index is 0.00565. The van der Waals surface area contributed by atoms with Crippen LogP contribution in [-0.4, -0.2) is 210 Å². The van der Waals surface area contributed by atoms with Gasteiger partial charge >= 0.3 is 110 Å². The van der Waals surface area contributed by atoms with Gasteiger partial charge in [-0.3, -0.25) is 28.8 Å². The van der Waals surface area contributed by atoms with Crippen LogP contribution in [0.15, 0.2) is 0 Å². The van der Waals surface area contributed by atoms with Crippen molar-refractivity contribution in [2.24, 2.45) is 44.3 Å². The smallest absolute Gasteiger partial charge is 0.430 e. The van der Waals surface area contributed by atoms with Crippen molar-refractivity contribution in [1.82, 2.24) is 0 Å². The fraction of sp³-hybridized carbons (Fsp3) is 0.921. The molecule has 3 atom stereocenters. The monoisotopic (exact) mass is 2000 g/mol. The average Bonchev–Trinajstić information content (AvgIpc) is 1.29. The van der Waals surface area contributed by atoms with Gasteiger partial charge in [-0.1, -0.05) is 75.2 Å². The molecule has 54 heteroatoms. The summed E-state index contributed by atoms with van der Waals surface area (Å²) in [6.45, 7) is 26.7. The summed E-state index contributed by atoms with van der Waals surface area (Å²) >= 11 is 0. The summed E-state index contributed by atoms with van der Waals surface area (Å²) in [4.78, 5) is 70.8. The summed E-state index contributed by atoms with van der Waals surface area (Å²) in [6.07, 6.45) is -81.1. The first-order valence-corrected chi connectivity index (χ1v) is 39.0. The molecule has 0 aromatic heterocycles. The quantitative estimate of drug-likeness (QED) is 0.0253. The van der Waals surface area contributed by atoms with Crippen molar-refractivity contribution in [1.29, 1.82) is 0 Å². The molecule has 2 aliphatic carbocycles. The highest BCUT2D eigenvalue weighted by Crippen LogP contribution is 2.59. The molecule has 6 N–H and O–H groups in total. The number of esters is 6. The van der Waals surface area contributed by atoms with Gasteiger partial charge in [-0.05, 0) is 192 Å². The number of alkyl halides is 36. The molecule has 18 nitrogen and oxygen atoms in total. The highest BCUT2D eigenvalue weighted by molar-refractivity contribution is 5.78. The van der Waals surface area contributed by atoms with Crippen molar-refractivity contribution in [3.05, 3.63) is 0 Å². The molecule has 2 aliphatic rings. The van der Waals surface area contributed by atoms with Gasteiger partial charge in [0.2, 0.25) is 0 Å². The lowest BCUT2D eigenvalue weighted by Gasteiger charge is -2.46. The molecule has 2 rings (SSSR count). The van der Waals surface area contributed by atoms with E-state index in [0.29, 0.717) is 26.7 Å². The van der Waals surface area contributed by atoms with Crippen molar-refractivity contribution < 1.29 is 246 Å². The van der Waals surface area contributed by atoms with Gasteiger partial charge in [0.05, 0.1) is 32.5 Å². The third-order valence-corrected chi connectivity index (χ3v) is 22.6. The predicted molar refractivity (Wildman–Crippen MR) is 382 cm³/mol. The van der Waals surface area contributed by atoms with Crippen LogP contribution >= 0.6 is 0 Å². The number of carbonyl (C=O) groups excluding carboxylic acids is 6.